The van der Waals surface area contributed by atoms with Crippen LogP contribution in [0.1, 0.15) is 10.4 Å². The van der Waals surface area contributed by atoms with Crippen LogP contribution in [0.25, 0.3) is 0 Å². The number of rotatable bonds is 3. The van der Waals surface area contributed by atoms with Gasteiger partial charge in [-0.1, -0.05) is 11.6 Å². The zero-order chi connectivity index (χ0) is 13.8. The van der Waals surface area contributed by atoms with Gasteiger partial charge in [-0.2, -0.15) is 0 Å². The molecule has 0 saturated heterocycles. The molecule has 0 bridgehead atoms. The maximum absolute atomic E-state index is 12.2. The predicted molar refractivity (Wildman–Crippen MR) is 77.9 cm³/mol. The third kappa shape index (κ3) is 3.24. The van der Waals surface area contributed by atoms with E-state index >= 15 is 0 Å². The molecule has 0 saturated carbocycles. The molecule has 0 fully saturated rings. The summed E-state index contributed by atoms with van der Waals surface area (Å²) in [5, 5.41) is 3.29. The summed E-state index contributed by atoms with van der Waals surface area (Å²) in [5.41, 5.74) is 0.945. The molecule has 6 heteroatoms. The molecule has 2 rings (SSSR count). The van der Waals surface area contributed by atoms with Crippen LogP contribution in [0.15, 0.2) is 41.0 Å². The van der Waals surface area contributed by atoms with Crippen molar-refractivity contribution in [2.75, 3.05) is 12.4 Å². The number of aromatic nitrogens is 1. The first-order valence-electron chi connectivity index (χ1n) is 5.37. The number of hydrogen-bond acceptors (Lipinski definition) is 3. The van der Waals surface area contributed by atoms with E-state index in [9.17, 15) is 4.79 Å². The van der Waals surface area contributed by atoms with Gasteiger partial charge in [0.2, 0.25) is 5.88 Å². The third-order valence-electron chi connectivity index (χ3n) is 2.39. The zero-order valence-corrected chi connectivity index (χ0v) is 12.3. The van der Waals surface area contributed by atoms with Gasteiger partial charge in [0.1, 0.15) is 5.56 Å². The van der Waals surface area contributed by atoms with Crippen molar-refractivity contribution in [3.63, 3.8) is 0 Å². The van der Waals surface area contributed by atoms with E-state index in [-0.39, 0.29) is 11.8 Å². The van der Waals surface area contributed by atoms with E-state index in [4.69, 9.17) is 16.3 Å². The lowest BCUT2D eigenvalue weighted by atomic mass is 10.2. The Hall–Kier alpha value is -1.59. The van der Waals surface area contributed by atoms with Gasteiger partial charge in [0, 0.05) is 15.7 Å². The van der Waals surface area contributed by atoms with Crippen LogP contribution in [0, 0.1) is 0 Å². The van der Waals surface area contributed by atoms with Crippen molar-refractivity contribution in [2.45, 2.75) is 0 Å². The Balaban J connectivity index is 2.28. The largest absolute Gasteiger partial charge is 0.480 e. The molecule has 0 aliphatic carbocycles. The fraction of sp³-hybridized carbons (Fsp3) is 0.0769. The summed E-state index contributed by atoms with van der Waals surface area (Å²) in [6.07, 6.45) is 1.56. The Morgan fingerprint density at radius 2 is 2.21 bits per heavy atom. The van der Waals surface area contributed by atoms with Gasteiger partial charge in [-0.05, 0) is 46.3 Å². The molecule has 0 atom stereocenters. The minimum absolute atomic E-state index is 0.276. The Morgan fingerprint density at radius 1 is 1.42 bits per heavy atom. The van der Waals surface area contributed by atoms with Gasteiger partial charge in [0.05, 0.1) is 12.8 Å². The Morgan fingerprint density at radius 3 is 2.95 bits per heavy atom. The predicted octanol–water partition coefficient (Wildman–Crippen LogP) is 3.76. The molecule has 0 aliphatic rings. The highest BCUT2D eigenvalue weighted by molar-refractivity contribution is 9.10. The highest BCUT2D eigenvalue weighted by Crippen LogP contribution is 2.27. The van der Waals surface area contributed by atoms with E-state index in [1.807, 2.05) is 0 Å². The molecule has 4 nitrogen and oxygen atoms in total. The first kappa shape index (κ1) is 13.8. The molecule has 1 amide bonds. The second-order valence-corrected chi connectivity index (χ2v) is 4.93. The van der Waals surface area contributed by atoms with Crippen molar-refractivity contribution in [2.24, 2.45) is 0 Å². The fourth-order valence-corrected chi connectivity index (χ4v) is 2.03. The summed E-state index contributed by atoms with van der Waals surface area (Å²) in [4.78, 5) is 16.1. The number of benzene rings is 1. The molecule has 2 aromatic rings. The Bertz CT molecular complexity index is 619. The van der Waals surface area contributed by atoms with Gasteiger partial charge in [0.25, 0.3) is 5.91 Å². The summed E-state index contributed by atoms with van der Waals surface area (Å²) >= 11 is 9.24. The molecule has 1 aromatic carbocycles. The number of hydrogen-bond donors (Lipinski definition) is 1. The first-order valence-corrected chi connectivity index (χ1v) is 6.54. The highest BCUT2D eigenvalue weighted by atomic mass is 79.9. The molecule has 1 heterocycles. The van der Waals surface area contributed by atoms with Crippen molar-refractivity contribution in [3.8, 4) is 5.88 Å². The SMILES string of the molecule is COc1ncccc1C(=O)Nc1cc(Cl)ccc1Br. The number of ether oxygens (including phenoxy) is 1. The van der Waals surface area contributed by atoms with Gasteiger partial charge in [0.15, 0.2) is 0 Å². The third-order valence-corrected chi connectivity index (χ3v) is 3.31. The smallest absolute Gasteiger partial charge is 0.261 e. The Kier molecular flexibility index (Phi) is 4.39. The summed E-state index contributed by atoms with van der Waals surface area (Å²) < 4.78 is 5.79. The van der Waals surface area contributed by atoms with Gasteiger partial charge in [-0.15, -0.1) is 0 Å². The monoisotopic (exact) mass is 340 g/mol. The normalized spacial score (nSPS) is 10.1. The zero-order valence-electron chi connectivity index (χ0n) is 9.98. The second-order valence-electron chi connectivity index (χ2n) is 3.64. The van der Waals surface area contributed by atoms with E-state index in [0.29, 0.717) is 16.3 Å². The number of methoxy groups -OCH3 is 1. The van der Waals surface area contributed by atoms with Gasteiger partial charge < -0.3 is 10.1 Å². The minimum atomic E-state index is -0.312. The fourth-order valence-electron chi connectivity index (χ4n) is 1.51. The van der Waals surface area contributed by atoms with Crippen LogP contribution in [-0.4, -0.2) is 18.0 Å². The number of nitrogens with zero attached hydrogens (tertiary/aromatic N) is 1. The maximum atomic E-state index is 12.2. The molecule has 0 spiro atoms. The molecular formula is C13H10BrClN2O2. The molecule has 98 valence electrons. The number of amides is 1. The van der Waals surface area contributed by atoms with E-state index in [0.717, 1.165) is 4.47 Å². The molecule has 0 aliphatic heterocycles. The van der Waals surface area contributed by atoms with Crippen molar-refractivity contribution < 1.29 is 9.53 Å². The summed E-state index contributed by atoms with van der Waals surface area (Å²) in [5.74, 6) is -0.0360. The van der Waals surface area contributed by atoms with Crippen molar-refractivity contribution in [1.82, 2.24) is 4.98 Å². The van der Waals surface area contributed by atoms with Crippen LogP contribution in [-0.2, 0) is 0 Å². The number of anilines is 1. The van der Waals surface area contributed by atoms with Crippen LogP contribution in [0.5, 0.6) is 5.88 Å². The number of halogens is 2. The highest BCUT2D eigenvalue weighted by Gasteiger charge is 2.14. The molecule has 0 radical (unpaired) electrons. The van der Waals surface area contributed by atoms with E-state index in [2.05, 4.69) is 26.2 Å². The average molecular weight is 342 g/mol. The standard InChI is InChI=1S/C13H10BrClN2O2/c1-19-13-9(3-2-6-16-13)12(18)17-11-7-8(15)4-5-10(11)14/h2-7H,1H3,(H,17,18). The van der Waals surface area contributed by atoms with E-state index in [1.165, 1.54) is 7.11 Å². The lowest BCUT2D eigenvalue weighted by molar-refractivity contribution is 0.102. The van der Waals surface area contributed by atoms with E-state index in [1.54, 1.807) is 36.5 Å². The second kappa shape index (κ2) is 6.04. The quantitative estimate of drug-likeness (QED) is 0.925. The van der Waals surface area contributed by atoms with Crippen molar-refractivity contribution in [1.29, 1.82) is 0 Å². The summed E-state index contributed by atoms with van der Waals surface area (Å²) in [6.45, 7) is 0. The van der Waals surface area contributed by atoms with Crippen LogP contribution in [0.3, 0.4) is 0 Å². The van der Waals surface area contributed by atoms with Crippen LogP contribution in [0.4, 0.5) is 5.69 Å². The molecule has 19 heavy (non-hydrogen) atoms. The van der Waals surface area contributed by atoms with Crippen LogP contribution >= 0.6 is 27.5 Å². The van der Waals surface area contributed by atoms with Crippen molar-refractivity contribution >= 4 is 39.1 Å². The summed E-state index contributed by atoms with van der Waals surface area (Å²) in [6, 6.07) is 8.46. The summed E-state index contributed by atoms with van der Waals surface area (Å²) in [7, 11) is 1.47. The molecule has 1 aromatic heterocycles. The van der Waals surface area contributed by atoms with Crippen LogP contribution in [0.2, 0.25) is 5.02 Å². The lowest BCUT2D eigenvalue weighted by Gasteiger charge is -2.09. The average Bonchev–Trinajstić information content (AvgIpc) is 2.42. The lowest BCUT2D eigenvalue weighted by Crippen LogP contribution is -2.14. The first-order chi connectivity index (χ1) is 9.11. The van der Waals surface area contributed by atoms with Gasteiger partial charge >= 0.3 is 0 Å². The molecule has 1 N–H and O–H groups in total. The number of carbonyl (C=O) groups is 1. The molecular weight excluding hydrogens is 332 g/mol. The maximum Gasteiger partial charge on any atom is 0.261 e. The number of nitrogens with one attached hydrogen (secondary N) is 1. The number of pyridine rings is 1. The topological polar surface area (TPSA) is 51.2 Å². The van der Waals surface area contributed by atoms with Gasteiger partial charge in [-0.3, -0.25) is 4.79 Å². The molecule has 0 unspecified atom stereocenters. The minimum Gasteiger partial charge on any atom is -0.480 e. The number of carbonyl (C=O) groups excluding carboxylic acids is 1. The Labute approximate surface area is 123 Å². The van der Waals surface area contributed by atoms with Crippen molar-refractivity contribution in [3.05, 3.63) is 51.6 Å². The van der Waals surface area contributed by atoms with Gasteiger partial charge in [-0.25, -0.2) is 4.98 Å². The van der Waals surface area contributed by atoms with E-state index < -0.39 is 0 Å². The van der Waals surface area contributed by atoms with Crippen LogP contribution < -0.4 is 10.1 Å².